The number of amides is 1. The SMILES string of the molecule is CCCNC(=O)c1ncn2c1CN=C(c1ccccc1Br)c1cc(F)ccc1-2. The van der Waals surface area contributed by atoms with Crippen molar-refractivity contribution in [1.82, 2.24) is 14.9 Å². The lowest BCUT2D eigenvalue weighted by Gasteiger charge is -2.12. The molecule has 142 valence electrons. The van der Waals surface area contributed by atoms with Crippen molar-refractivity contribution >= 4 is 27.5 Å². The number of hydrogen-bond donors (Lipinski definition) is 1. The summed E-state index contributed by atoms with van der Waals surface area (Å²) >= 11 is 3.56. The quantitative estimate of drug-likeness (QED) is 0.658. The Morgan fingerprint density at radius 3 is 2.86 bits per heavy atom. The van der Waals surface area contributed by atoms with Gasteiger partial charge in [-0.3, -0.25) is 14.4 Å². The minimum absolute atomic E-state index is 0.223. The summed E-state index contributed by atoms with van der Waals surface area (Å²) in [7, 11) is 0. The molecule has 1 aliphatic heterocycles. The van der Waals surface area contributed by atoms with Gasteiger partial charge in [0, 0.05) is 22.1 Å². The lowest BCUT2D eigenvalue weighted by atomic mass is 10.0. The third-order valence-corrected chi connectivity index (χ3v) is 5.30. The number of carbonyl (C=O) groups excluding carboxylic acids is 1. The topological polar surface area (TPSA) is 59.3 Å². The fourth-order valence-corrected chi connectivity index (χ4v) is 3.75. The molecule has 2 heterocycles. The zero-order valence-electron chi connectivity index (χ0n) is 15.2. The first-order valence-corrected chi connectivity index (χ1v) is 9.83. The summed E-state index contributed by atoms with van der Waals surface area (Å²) in [5, 5.41) is 2.86. The first-order valence-electron chi connectivity index (χ1n) is 9.04. The van der Waals surface area contributed by atoms with E-state index in [9.17, 15) is 9.18 Å². The van der Waals surface area contributed by atoms with E-state index in [0.717, 1.165) is 22.1 Å². The lowest BCUT2D eigenvalue weighted by molar-refractivity contribution is 0.0948. The Labute approximate surface area is 170 Å². The predicted molar refractivity (Wildman–Crippen MR) is 110 cm³/mol. The standard InChI is InChI=1S/C21H18BrFN4O/c1-2-9-24-21(28)20-18-11-25-19(14-5-3-4-6-16(14)22)15-10-13(23)7-8-17(15)27(18)12-26-20/h3-8,10,12H,2,9,11H2,1H3,(H,24,28). The third-order valence-electron chi connectivity index (χ3n) is 4.61. The predicted octanol–water partition coefficient (Wildman–Crippen LogP) is 4.26. The zero-order valence-corrected chi connectivity index (χ0v) is 16.8. The van der Waals surface area contributed by atoms with E-state index in [1.54, 1.807) is 12.4 Å². The highest BCUT2D eigenvalue weighted by molar-refractivity contribution is 9.10. The second-order valence-corrected chi connectivity index (χ2v) is 7.33. The van der Waals surface area contributed by atoms with E-state index in [4.69, 9.17) is 4.99 Å². The largest absolute Gasteiger partial charge is 0.351 e. The number of halogens is 2. The Morgan fingerprint density at radius 2 is 2.07 bits per heavy atom. The maximum Gasteiger partial charge on any atom is 0.271 e. The monoisotopic (exact) mass is 440 g/mol. The molecule has 0 atom stereocenters. The highest BCUT2D eigenvalue weighted by Crippen LogP contribution is 2.29. The van der Waals surface area contributed by atoms with Crippen molar-refractivity contribution in [2.45, 2.75) is 19.9 Å². The van der Waals surface area contributed by atoms with E-state index in [0.29, 0.717) is 29.2 Å². The van der Waals surface area contributed by atoms with Crippen LogP contribution >= 0.6 is 15.9 Å². The van der Waals surface area contributed by atoms with Gasteiger partial charge in [-0.15, -0.1) is 0 Å². The number of nitrogens with zero attached hydrogens (tertiary/aromatic N) is 3. The van der Waals surface area contributed by atoms with Crippen LogP contribution < -0.4 is 5.32 Å². The van der Waals surface area contributed by atoms with Crippen molar-refractivity contribution < 1.29 is 9.18 Å². The van der Waals surface area contributed by atoms with E-state index >= 15 is 0 Å². The molecule has 2 aromatic carbocycles. The van der Waals surface area contributed by atoms with Gasteiger partial charge in [0.15, 0.2) is 5.69 Å². The van der Waals surface area contributed by atoms with Crippen LogP contribution in [0.15, 0.2) is 58.3 Å². The number of nitrogens with one attached hydrogen (secondary N) is 1. The summed E-state index contributed by atoms with van der Waals surface area (Å²) in [6.07, 6.45) is 2.44. The molecule has 5 nitrogen and oxygen atoms in total. The number of aromatic nitrogens is 2. The highest BCUT2D eigenvalue weighted by Gasteiger charge is 2.25. The van der Waals surface area contributed by atoms with Gasteiger partial charge in [-0.25, -0.2) is 9.37 Å². The highest BCUT2D eigenvalue weighted by atomic mass is 79.9. The molecule has 3 aromatic rings. The van der Waals surface area contributed by atoms with Crippen molar-refractivity contribution in [2.24, 2.45) is 4.99 Å². The number of fused-ring (bicyclic) bond motifs is 3. The molecule has 1 aromatic heterocycles. The van der Waals surface area contributed by atoms with Crippen molar-refractivity contribution in [3.63, 3.8) is 0 Å². The molecule has 0 saturated heterocycles. The molecule has 1 amide bonds. The number of hydrogen-bond acceptors (Lipinski definition) is 3. The van der Waals surface area contributed by atoms with E-state index < -0.39 is 0 Å². The number of imidazole rings is 1. The second-order valence-electron chi connectivity index (χ2n) is 6.47. The molecule has 0 spiro atoms. The van der Waals surface area contributed by atoms with E-state index in [-0.39, 0.29) is 18.3 Å². The summed E-state index contributed by atoms with van der Waals surface area (Å²) in [5.41, 5.74) is 3.97. The summed E-state index contributed by atoms with van der Waals surface area (Å²) in [6, 6.07) is 12.3. The van der Waals surface area contributed by atoms with Gasteiger partial charge in [0.05, 0.1) is 23.6 Å². The summed E-state index contributed by atoms with van der Waals surface area (Å²) in [6.45, 7) is 2.84. The van der Waals surface area contributed by atoms with Gasteiger partial charge in [-0.1, -0.05) is 41.1 Å². The van der Waals surface area contributed by atoms with Crippen LogP contribution in [0, 0.1) is 5.82 Å². The maximum atomic E-state index is 14.1. The van der Waals surface area contributed by atoms with Gasteiger partial charge in [-0.05, 0) is 30.7 Å². The molecule has 0 fully saturated rings. The molecular weight excluding hydrogens is 423 g/mol. The van der Waals surface area contributed by atoms with Gasteiger partial charge < -0.3 is 5.32 Å². The average Bonchev–Trinajstić information content (AvgIpc) is 3.05. The van der Waals surface area contributed by atoms with Crippen LogP contribution in [0.1, 0.15) is 40.7 Å². The Kier molecular flexibility index (Phi) is 5.09. The maximum absolute atomic E-state index is 14.1. The van der Waals surface area contributed by atoms with Crippen molar-refractivity contribution in [1.29, 1.82) is 0 Å². The Morgan fingerprint density at radius 1 is 1.25 bits per heavy atom. The number of aliphatic imine (C=N–C) groups is 1. The minimum atomic E-state index is -0.344. The molecule has 0 aliphatic carbocycles. The first-order chi connectivity index (χ1) is 13.6. The summed E-state index contributed by atoms with van der Waals surface area (Å²) in [5.74, 6) is -0.568. The summed E-state index contributed by atoms with van der Waals surface area (Å²) in [4.78, 5) is 21.6. The normalized spacial score (nSPS) is 12.6. The van der Waals surface area contributed by atoms with Gasteiger partial charge in [0.25, 0.3) is 5.91 Å². The molecule has 0 saturated carbocycles. The van der Waals surface area contributed by atoms with Crippen molar-refractivity contribution in [2.75, 3.05) is 6.54 Å². The first kappa shape index (κ1) is 18.6. The van der Waals surface area contributed by atoms with Crippen LogP contribution in [0.5, 0.6) is 0 Å². The molecule has 7 heteroatoms. The van der Waals surface area contributed by atoms with Gasteiger partial charge in [-0.2, -0.15) is 0 Å². The molecule has 4 rings (SSSR count). The van der Waals surface area contributed by atoms with E-state index in [2.05, 4.69) is 26.2 Å². The Bertz CT molecular complexity index is 1090. The van der Waals surface area contributed by atoms with Gasteiger partial charge in [0.2, 0.25) is 0 Å². The molecule has 1 N–H and O–H groups in total. The zero-order chi connectivity index (χ0) is 19.7. The van der Waals surface area contributed by atoms with Crippen LogP contribution in [0.2, 0.25) is 0 Å². The van der Waals surface area contributed by atoms with Crippen LogP contribution in [-0.2, 0) is 6.54 Å². The fourth-order valence-electron chi connectivity index (χ4n) is 3.27. The van der Waals surface area contributed by atoms with Crippen molar-refractivity contribution in [3.8, 4) is 5.69 Å². The van der Waals surface area contributed by atoms with Crippen LogP contribution in [0.3, 0.4) is 0 Å². The van der Waals surface area contributed by atoms with Gasteiger partial charge >= 0.3 is 0 Å². The Hall–Kier alpha value is -2.80. The third kappa shape index (κ3) is 3.26. The minimum Gasteiger partial charge on any atom is -0.351 e. The number of carbonyl (C=O) groups is 1. The van der Waals surface area contributed by atoms with E-state index in [1.165, 1.54) is 12.1 Å². The van der Waals surface area contributed by atoms with Crippen LogP contribution in [-0.4, -0.2) is 27.7 Å². The lowest BCUT2D eigenvalue weighted by Crippen LogP contribution is -2.25. The molecule has 28 heavy (non-hydrogen) atoms. The molecular formula is C21H18BrFN4O. The fraction of sp³-hybridized carbons (Fsp3) is 0.190. The van der Waals surface area contributed by atoms with Crippen molar-refractivity contribution in [3.05, 3.63) is 81.6 Å². The molecule has 1 aliphatic rings. The van der Waals surface area contributed by atoms with Crippen LogP contribution in [0.4, 0.5) is 4.39 Å². The molecule has 0 radical (unpaired) electrons. The summed E-state index contributed by atoms with van der Waals surface area (Å²) < 4.78 is 16.8. The molecule has 0 bridgehead atoms. The molecule has 0 unspecified atom stereocenters. The Balaban J connectivity index is 1.89. The number of benzene rings is 2. The van der Waals surface area contributed by atoms with Crippen LogP contribution in [0.25, 0.3) is 5.69 Å². The van der Waals surface area contributed by atoms with E-state index in [1.807, 2.05) is 35.8 Å². The smallest absolute Gasteiger partial charge is 0.271 e. The van der Waals surface area contributed by atoms with Gasteiger partial charge in [0.1, 0.15) is 12.1 Å². The second kappa shape index (κ2) is 7.67. The number of rotatable bonds is 4. The average molecular weight is 441 g/mol.